The van der Waals surface area contributed by atoms with E-state index >= 15 is 0 Å². The molecule has 0 aliphatic carbocycles. The molecule has 1 aliphatic heterocycles. The maximum absolute atomic E-state index is 9.55. The summed E-state index contributed by atoms with van der Waals surface area (Å²) in [5.41, 5.74) is 11.1. The second kappa shape index (κ2) is 11.6. The van der Waals surface area contributed by atoms with E-state index in [-0.39, 0.29) is 18.6 Å². The molecule has 1 unspecified atom stereocenters. The van der Waals surface area contributed by atoms with Gasteiger partial charge in [0.15, 0.2) is 5.82 Å². The van der Waals surface area contributed by atoms with Crippen molar-refractivity contribution in [3.63, 3.8) is 0 Å². The number of piperidine rings is 1. The number of aromatic nitrogens is 5. The Morgan fingerprint density at radius 1 is 1.13 bits per heavy atom. The molecule has 1 fully saturated rings. The van der Waals surface area contributed by atoms with E-state index in [1.54, 1.807) is 6.20 Å². The van der Waals surface area contributed by atoms with E-state index in [2.05, 4.69) is 64.3 Å². The fourth-order valence-corrected chi connectivity index (χ4v) is 5.85. The lowest BCUT2D eigenvalue weighted by molar-refractivity contribution is 0.172. The topological polar surface area (TPSA) is 118 Å². The summed E-state index contributed by atoms with van der Waals surface area (Å²) in [7, 11) is 0. The third-order valence-electron chi connectivity index (χ3n) is 7.87. The molecule has 202 valence electrons. The van der Waals surface area contributed by atoms with Gasteiger partial charge in [-0.15, -0.1) is 0 Å². The van der Waals surface area contributed by atoms with Crippen LogP contribution in [0.3, 0.4) is 0 Å². The van der Waals surface area contributed by atoms with Crippen molar-refractivity contribution in [3.05, 3.63) is 47.8 Å². The van der Waals surface area contributed by atoms with Crippen LogP contribution in [0.4, 0.5) is 11.8 Å². The van der Waals surface area contributed by atoms with E-state index < -0.39 is 0 Å². The fraction of sp³-hybridized carbons (Fsp3) is 0.517. The maximum Gasteiger partial charge on any atom is 0.222 e. The second-order valence-electron chi connectivity index (χ2n) is 10.7. The van der Waals surface area contributed by atoms with Crippen LogP contribution in [0.5, 0.6) is 0 Å². The molecule has 5 rings (SSSR count). The predicted octanol–water partition coefficient (Wildman–Crippen LogP) is 4.56. The average molecular weight is 517 g/mol. The number of pyridine rings is 1. The smallest absolute Gasteiger partial charge is 0.222 e. The van der Waals surface area contributed by atoms with Crippen molar-refractivity contribution in [1.29, 1.82) is 0 Å². The van der Waals surface area contributed by atoms with Gasteiger partial charge in [-0.1, -0.05) is 31.5 Å². The van der Waals surface area contributed by atoms with Gasteiger partial charge in [-0.05, 0) is 75.7 Å². The predicted molar refractivity (Wildman–Crippen MR) is 153 cm³/mol. The lowest BCUT2D eigenvalue weighted by Crippen LogP contribution is -2.37. The first kappa shape index (κ1) is 26.3. The normalized spacial score (nSPS) is 16.0. The molecule has 0 saturated carbocycles. The first-order valence-corrected chi connectivity index (χ1v) is 14.0. The van der Waals surface area contributed by atoms with Gasteiger partial charge in [0.25, 0.3) is 0 Å². The van der Waals surface area contributed by atoms with Crippen molar-refractivity contribution in [2.45, 2.75) is 77.4 Å². The lowest BCUT2D eigenvalue weighted by Gasteiger charge is -2.35. The Morgan fingerprint density at radius 2 is 1.95 bits per heavy atom. The number of likely N-dealkylation sites (tertiary alicyclic amines) is 1. The minimum absolute atomic E-state index is 0.0924. The van der Waals surface area contributed by atoms with Gasteiger partial charge < -0.3 is 21.1 Å². The number of nitrogen functional groups attached to an aromatic ring is 1. The molecule has 0 radical (unpaired) electrons. The average Bonchev–Trinajstić information content (AvgIpc) is 3.31. The molecular weight excluding hydrogens is 476 g/mol. The Morgan fingerprint density at radius 3 is 2.68 bits per heavy atom. The monoisotopic (exact) mass is 516 g/mol. The highest BCUT2D eigenvalue weighted by Gasteiger charge is 2.24. The molecule has 3 aromatic heterocycles. The van der Waals surface area contributed by atoms with Crippen molar-refractivity contribution >= 4 is 33.7 Å². The van der Waals surface area contributed by atoms with Gasteiger partial charge >= 0.3 is 0 Å². The van der Waals surface area contributed by atoms with Crippen LogP contribution in [0, 0.1) is 0 Å². The molecule has 0 amide bonds. The minimum atomic E-state index is 0.0924. The Balaban J connectivity index is 1.48. The van der Waals surface area contributed by atoms with Gasteiger partial charge in [-0.25, -0.2) is 4.98 Å². The van der Waals surface area contributed by atoms with E-state index in [9.17, 15) is 5.11 Å². The van der Waals surface area contributed by atoms with Crippen molar-refractivity contribution in [2.24, 2.45) is 0 Å². The molecule has 4 N–H and O–H groups in total. The van der Waals surface area contributed by atoms with E-state index in [0.29, 0.717) is 36.3 Å². The number of rotatable bonds is 10. The van der Waals surface area contributed by atoms with Crippen LogP contribution in [0.1, 0.15) is 69.9 Å². The highest BCUT2D eigenvalue weighted by atomic mass is 16.3. The molecule has 1 atom stereocenters. The van der Waals surface area contributed by atoms with Gasteiger partial charge in [0.2, 0.25) is 5.95 Å². The summed E-state index contributed by atoms with van der Waals surface area (Å²) in [6.45, 7) is 9.63. The molecule has 9 heteroatoms. The first-order chi connectivity index (χ1) is 18.5. The van der Waals surface area contributed by atoms with Crippen LogP contribution in [-0.4, -0.2) is 66.5 Å². The molecule has 0 spiro atoms. The molecule has 9 nitrogen and oxygen atoms in total. The number of benzene rings is 1. The number of anilines is 2. The number of aliphatic hydroxyl groups is 1. The van der Waals surface area contributed by atoms with Crippen LogP contribution in [-0.2, 0) is 6.54 Å². The summed E-state index contributed by atoms with van der Waals surface area (Å²) in [5.74, 6) is 1.41. The number of nitrogens with zero attached hydrogens (tertiary/aromatic N) is 6. The molecule has 1 aromatic carbocycles. The van der Waals surface area contributed by atoms with E-state index in [0.717, 1.165) is 42.5 Å². The second-order valence-corrected chi connectivity index (χ2v) is 10.7. The van der Waals surface area contributed by atoms with E-state index in [1.165, 1.54) is 23.8 Å². The standard InChI is InChI=1S/C29H40N8O/c1-4-6-22(12-16-38)33-28-27-25(34-29(30)35-28)17-32-37(27)18-21-8-9-23(24-7-5-13-31-26(21)24)20-10-14-36(15-11-20)19(2)3/h5,7-9,13,17,19-20,22,38H,4,6,10-12,14-16,18H2,1-3H3,(H3,30,33,34,35). The number of aliphatic hydroxyl groups excluding tert-OH is 1. The molecule has 4 aromatic rings. The number of nitrogens with two attached hydrogens (primary N) is 1. The largest absolute Gasteiger partial charge is 0.396 e. The quantitative estimate of drug-likeness (QED) is 0.281. The van der Waals surface area contributed by atoms with Crippen molar-refractivity contribution < 1.29 is 5.11 Å². The van der Waals surface area contributed by atoms with Gasteiger partial charge in [0.1, 0.15) is 11.0 Å². The van der Waals surface area contributed by atoms with Crippen molar-refractivity contribution in [1.82, 2.24) is 29.6 Å². The summed E-state index contributed by atoms with van der Waals surface area (Å²) in [4.78, 5) is 16.4. The highest BCUT2D eigenvalue weighted by Crippen LogP contribution is 2.35. The summed E-state index contributed by atoms with van der Waals surface area (Å²) < 4.78 is 1.93. The zero-order valence-electron chi connectivity index (χ0n) is 22.8. The molecule has 1 aliphatic rings. The zero-order chi connectivity index (χ0) is 26.6. The fourth-order valence-electron chi connectivity index (χ4n) is 5.85. The van der Waals surface area contributed by atoms with E-state index in [4.69, 9.17) is 10.7 Å². The van der Waals surface area contributed by atoms with Gasteiger partial charge in [-0.3, -0.25) is 9.67 Å². The van der Waals surface area contributed by atoms with Crippen LogP contribution in [0.2, 0.25) is 0 Å². The van der Waals surface area contributed by atoms with Crippen LogP contribution in [0.25, 0.3) is 21.9 Å². The Kier molecular flexibility index (Phi) is 8.04. The minimum Gasteiger partial charge on any atom is -0.396 e. The molecule has 1 saturated heterocycles. The highest BCUT2D eigenvalue weighted by molar-refractivity contribution is 5.88. The zero-order valence-corrected chi connectivity index (χ0v) is 22.8. The van der Waals surface area contributed by atoms with Crippen LogP contribution in [0.15, 0.2) is 36.7 Å². The van der Waals surface area contributed by atoms with Crippen LogP contribution >= 0.6 is 0 Å². The summed E-state index contributed by atoms with van der Waals surface area (Å²) >= 11 is 0. The summed E-state index contributed by atoms with van der Waals surface area (Å²) in [6, 6.07) is 9.44. The van der Waals surface area contributed by atoms with E-state index in [1.807, 2.05) is 16.9 Å². The molecule has 38 heavy (non-hydrogen) atoms. The molecule has 0 bridgehead atoms. The third-order valence-corrected chi connectivity index (χ3v) is 7.87. The SMILES string of the molecule is CCCC(CCO)Nc1nc(N)nc2cnn(Cc3ccc(C4CCN(C(C)C)CC4)c4cccnc34)c12. The molecule has 4 heterocycles. The van der Waals surface area contributed by atoms with Crippen molar-refractivity contribution in [3.8, 4) is 0 Å². The van der Waals surface area contributed by atoms with Crippen molar-refractivity contribution in [2.75, 3.05) is 30.7 Å². The lowest BCUT2D eigenvalue weighted by atomic mass is 9.86. The third kappa shape index (κ3) is 5.44. The number of hydrogen-bond acceptors (Lipinski definition) is 8. The molecular formula is C29H40N8O. The number of nitrogens with one attached hydrogen (secondary N) is 1. The summed E-state index contributed by atoms with van der Waals surface area (Å²) in [6.07, 6.45) is 8.52. The van der Waals surface area contributed by atoms with Gasteiger partial charge in [0.05, 0.1) is 18.3 Å². The first-order valence-electron chi connectivity index (χ1n) is 14.0. The number of fused-ring (bicyclic) bond motifs is 2. The van der Waals surface area contributed by atoms with Gasteiger partial charge in [0, 0.05) is 30.3 Å². The maximum atomic E-state index is 9.55. The summed E-state index contributed by atoms with van der Waals surface area (Å²) in [5, 5.41) is 19.0. The van der Waals surface area contributed by atoms with Gasteiger partial charge in [-0.2, -0.15) is 10.1 Å². The number of hydrogen-bond donors (Lipinski definition) is 3. The Hall–Kier alpha value is -3.30. The Bertz CT molecular complexity index is 1370. The van der Waals surface area contributed by atoms with Crippen LogP contribution < -0.4 is 11.1 Å². The Labute approximate surface area is 224 Å².